The Labute approximate surface area is 232 Å². The first kappa shape index (κ1) is 28.8. The first-order chi connectivity index (χ1) is 19.3. The number of aromatic nitrogens is 2. The Morgan fingerprint density at radius 1 is 1.15 bits per heavy atom. The first-order valence-electron chi connectivity index (χ1n) is 13.6. The predicted molar refractivity (Wildman–Crippen MR) is 149 cm³/mol. The van der Waals surface area contributed by atoms with Crippen molar-refractivity contribution in [2.75, 3.05) is 26.2 Å². The van der Waals surface area contributed by atoms with Crippen LogP contribution in [-0.4, -0.2) is 86.8 Å². The molecule has 4 N–H and O–H groups in total. The number of carboxylic acid groups (broad SMARTS) is 1. The summed E-state index contributed by atoms with van der Waals surface area (Å²) in [6.07, 6.45) is 5.35. The zero-order valence-electron chi connectivity index (χ0n) is 22.6. The number of H-pyrrole nitrogens is 1. The lowest BCUT2D eigenvalue weighted by Gasteiger charge is -2.31. The molecule has 0 unspecified atom stereocenters. The molecule has 1 aliphatic heterocycles. The molecule has 0 radical (unpaired) electrons. The molecule has 2 aromatic carbocycles. The van der Waals surface area contributed by atoms with E-state index in [0.717, 1.165) is 29.2 Å². The van der Waals surface area contributed by atoms with Crippen LogP contribution in [0.3, 0.4) is 0 Å². The second-order valence-corrected chi connectivity index (χ2v) is 10.0. The quantitative estimate of drug-likeness (QED) is 0.254. The number of fused-ring (bicyclic) bond motifs is 1. The maximum absolute atomic E-state index is 13.1. The Balaban J connectivity index is 1.50. The number of carbonyl (C=O) groups is 4. The lowest BCUT2D eigenvalue weighted by molar-refractivity contribution is -0.142. The minimum absolute atomic E-state index is 0.0123. The normalized spacial score (nSPS) is 15.8. The van der Waals surface area contributed by atoms with Crippen molar-refractivity contribution in [3.05, 3.63) is 66.2 Å². The van der Waals surface area contributed by atoms with E-state index in [1.165, 1.54) is 0 Å². The van der Waals surface area contributed by atoms with E-state index in [9.17, 15) is 24.3 Å². The summed E-state index contributed by atoms with van der Waals surface area (Å²) >= 11 is 0. The summed E-state index contributed by atoms with van der Waals surface area (Å²) in [5, 5.41) is 16.8. The summed E-state index contributed by atoms with van der Waals surface area (Å²) in [6, 6.07) is 12.7. The van der Waals surface area contributed by atoms with Crippen LogP contribution in [0.25, 0.3) is 10.8 Å². The molecule has 212 valence electrons. The molecule has 0 bridgehead atoms. The van der Waals surface area contributed by atoms with Gasteiger partial charge >= 0.3 is 5.97 Å². The molecule has 0 saturated carbocycles. The van der Waals surface area contributed by atoms with Crippen LogP contribution >= 0.6 is 0 Å². The standard InChI is InChI=1S/C29H36N6O5/c1-2-26(36)31-15-25(29(39)40)33-27(37)18-34(16-21-9-5-8-20-7-3-4-11-24(20)21)17-23-10-6-12-35(23)28(38)13-22-14-30-19-32-22/h3-5,7-9,11,14,19,23,25H,2,6,10,12-13,15-18H2,1H3,(H,30,32)(H,31,36)(H,33,37)(H,39,40)/t23-,25-/m0/s1. The third-order valence-corrected chi connectivity index (χ3v) is 7.15. The monoisotopic (exact) mass is 548 g/mol. The van der Waals surface area contributed by atoms with Gasteiger partial charge < -0.3 is 25.6 Å². The van der Waals surface area contributed by atoms with Crippen LogP contribution in [0.2, 0.25) is 0 Å². The predicted octanol–water partition coefficient (Wildman–Crippen LogP) is 1.69. The molecule has 11 heteroatoms. The highest BCUT2D eigenvalue weighted by molar-refractivity contribution is 5.87. The van der Waals surface area contributed by atoms with E-state index in [0.29, 0.717) is 25.3 Å². The number of rotatable bonds is 13. The third kappa shape index (κ3) is 7.66. The van der Waals surface area contributed by atoms with Gasteiger partial charge in [-0.1, -0.05) is 49.4 Å². The largest absolute Gasteiger partial charge is 0.480 e. The van der Waals surface area contributed by atoms with Gasteiger partial charge in [0.15, 0.2) is 0 Å². The number of benzene rings is 2. The molecule has 1 saturated heterocycles. The molecule has 1 fully saturated rings. The van der Waals surface area contributed by atoms with Crippen molar-refractivity contribution < 1.29 is 24.3 Å². The van der Waals surface area contributed by atoms with Crippen LogP contribution in [0.5, 0.6) is 0 Å². The topological polar surface area (TPSA) is 148 Å². The van der Waals surface area contributed by atoms with Crippen LogP contribution in [0, 0.1) is 0 Å². The SMILES string of the molecule is CCC(=O)NC[C@H](NC(=O)CN(Cc1cccc2ccccc12)C[C@@H]1CCCN1C(=O)Cc1c[nH]cn1)C(=O)O. The van der Waals surface area contributed by atoms with Crippen molar-refractivity contribution in [1.82, 2.24) is 30.4 Å². The van der Waals surface area contributed by atoms with Gasteiger partial charge in [-0.15, -0.1) is 0 Å². The number of amides is 3. The highest BCUT2D eigenvalue weighted by atomic mass is 16.4. The fraction of sp³-hybridized carbons (Fsp3) is 0.414. The minimum atomic E-state index is -1.25. The number of carbonyl (C=O) groups excluding carboxylic acids is 3. The summed E-state index contributed by atoms with van der Waals surface area (Å²) in [4.78, 5) is 60.5. The number of hydrogen-bond acceptors (Lipinski definition) is 6. The van der Waals surface area contributed by atoms with Crippen LogP contribution < -0.4 is 10.6 Å². The fourth-order valence-corrected chi connectivity index (χ4v) is 5.14. The van der Waals surface area contributed by atoms with Crippen molar-refractivity contribution in [3.63, 3.8) is 0 Å². The molecular weight excluding hydrogens is 512 g/mol. The molecule has 3 aromatic rings. The molecule has 2 atom stereocenters. The zero-order valence-corrected chi connectivity index (χ0v) is 22.6. The molecule has 4 rings (SSSR count). The van der Waals surface area contributed by atoms with Gasteiger partial charge in [0.25, 0.3) is 0 Å². The molecule has 0 spiro atoms. The zero-order chi connectivity index (χ0) is 28.5. The second-order valence-electron chi connectivity index (χ2n) is 10.0. The number of carboxylic acids is 1. The molecule has 1 aromatic heterocycles. The van der Waals surface area contributed by atoms with Crippen LogP contribution in [0.15, 0.2) is 55.0 Å². The van der Waals surface area contributed by atoms with Crippen LogP contribution in [0.4, 0.5) is 0 Å². The number of hydrogen-bond donors (Lipinski definition) is 4. The van der Waals surface area contributed by atoms with E-state index < -0.39 is 17.9 Å². The average Bonchev–Trinajstić information content (AvgIpc) is 3.63. The summed E-state index contributed by atoms with van der Waals surface area (Å²) in [5.41, 5.74) is 1.71. The van der Waals surface area contributed by atoms with Crippen molar-refractivity contribution >= 4 is 34.5 Å². The van der Waals surface area contributed by atoms with E-state index in [2.05, 4.69) is 20.6 Å². The van der Waals surface area contributed by atoms with Crippen LogP contribution in [-0.2, 0) is 32.1 Å². The van der Waals surface area contributed by atoms with E-state index >= 15 is 0 Å². The lowest BCUT2D eigenvalue weighted by atomic mass is 10.0. The fourth-order valence-electron chi connectivity index (χ4n) is 5.14. The van der Waals surface area contributed by atoms with Gasteiger partial charge in [0.05, 0.1) is 25.0 Å². The Bertz CT molecular complexity index is 1320. The van der Waals surface area contributed by atoms with Crippen molar-refractivity contribution in [2.45, 2.75) is 51.2 Å². The average molecular weight is 549 g/mol. The Hall–Kier alpha value is -4.25. The summed E-state index contributed by atoms with van der Waals surface area (Å²) in [5.74, 6) is -2.00. The van der Waals surface area contributed by atoms with E-state index in [1.807, 2.05) is 52.3 Å². The minimum Gasteiger partial charge on any atom is -0.480 e. The van der Waals surface area contributed by atoms with Crippen molar-refractivity contribution in [1.29, 1.82) is 0 Å². The van der Waals surface area contributed by atoms with Gasteiger partial charge in [-0.25, -0.2) is 9.78 Å². The molecule has 1 aliphatic rings. The number of aliphatic carboxylic acids is 1. The number of aromatic amines is 1. The van der Waals surface area contributed by atoms with E-state index in [4.69, 9.17) is 0 Å². The van der Waals surface area contributed by atoms with Crippen molar-refractivity contribution in [2.24, 2.45) is 0 Å². The van der Waals surface area contributed by atoms with E-state index in [1.54, 1.807) is 19.4 Å². The van der Waals surface area contributed by atoms with Gasteiger partial charge in [0, 0.05) is 44.8 Å². The first-order valence-corrected chi connectivity index (χ1v) is 13.6. The Morgan fingerprint density at radius 3 is 2.70 bits per heavy atom. The van der Waals surface area contributed by atoms with Gasteiger partial charge in [0.2, 0.25) is 17.7 Å². The smallest absolute Gasteiger partial charge is 0.328 e. The molecule has 3 amide bonds. The van der Waals surface area contributed by atoms with Gasteiger partial charge in [-0.05, 0) is 29.2 Å². The summed E-state index contributed by atoms with van der Waals surface area (Å²) < 4.78 is 0. The number of imidazole rings is 1. The molecule has 11 nitrogen and oxygen atoms in total. The number of nitrogens with one attached hydrogen (secondary N) is 3. The third-order valence-electron chi connectivity index (χ3n) is 7.15. The molecule has 2 heterocycles. The van der Waals surface area contributed by atoms with Crippen LogP contribution in [0.1, 0.15) is 37.4 Å². The van der Waals surface area contributed by atoms with Gasteiger partial charge in [0.1, 0.15) is 6.04 Å². The number of nitrogens with zero attached hydrogens (tertiary/aromatic N) is 3. The number of likely N-dealkylation sites (tertiary alicyclic amines) is 1. The van der Waals surface area contributed by atoms with Gasteiger partial charge in [-0.3, -0.25) is 19.3 Å². The summed E-state index contributed by atoms with van der Waals surface area (Å²) in [7, 11) is 0. The Kier molecular flexibility index (Phi) is 9.85. The Morgan fingerprint density at radius 2 is 1.95 bits per heavy atom. The van der Waals surface area contributed by atoms with Gasteiger partial charge in [-0.2, -0.15) is 0 Å². The van der Waals surface area contributed by atoms with Crippen molar-refractivity contribution in [3.8, 4) is 0 Å². The van der Waals surface area contributed by atoms with E-state index in [-0.39, 0.29) is 43.8 Å². The molecule has 40 heavy (non-hydrogen) atoms. The molecule has 0 aliphatic carbocycles. The maximum Gasteiger partial charge on any atom is 0.328 e. The molecular formula is C29H36N6O5. The second kappa shape index (κ2) is 13.7. The maximum atomic E-state index is 13.1. The highest BCUT2D eigenvalue weighted by Crippen LogP contribution is 2.23. The lowest BCUT2D eigenvalue weighted by Crippen LogP contribution is -2.52. The summed E-state index contributed by atoms with van der Waals surface area (Å²) in [6.45, 7) is 2.94. The highest BCUT2D eigenvalue weighted by Gasteiger charge is 2.31.